The van der Waals surface area contributed by atoms with Crippen LogP contribution in [-0.4, -0.2) is 52.2 Å². The van der Waals surface area contributed by atoms with E-state index in [9.17, 15) is 4.79 Å². The molecule has 0 aromatic heterocycles. The predicted octanol–water partition coefficient (Wildman–Crippen LogP) is 3.91. The SMILES string of the molecule is COC(=O)c1cc(Br)c2c(c1C)O[C@H](C1CCOCCCCOCC1)CO2. The van der Waals surface area contributed by atoms with Crippen LogP contribution in [0.5, 0.6) is 11.5 Å². The highest BCUT2D eigenvalue weighted by Crippen LogP contribution is 2.44. The molecule has 0 unspecified atom stereocenters. The van der Waals surface area contributed by atoms with E-state index in [4.69, 9.17) is 23.7 Å². The fourth-order valence-corrected chi connectivity index (χ4v) is 4.00. The molecule has 0 bridgehead atoms. The van der Waals surface area contributed by atoms with Crippen molar-refractivity contribution in [2.24, 2.45) is 5.92 Å². The van der Waals surface area contributed by atoms with Gasteiger partial charge in [0, 0.05) is 37.9 Å². The first-order valence-corrected chi connectivity index (χ1v) is 10.3. The fourth-order valence-electron chi connectivity index (χ4n) is 3.48. The summed E-state index contributed by atoms with van der Waals surface area (Å²) in [6.07, 6.45) is 3.74. The number of rotatable bonds is 2. The van der Waals surface area contributed by atoms with Gasteiger partial charge < -0.3 is 23.7 Å². The number of hydrogen-bond donors (Lipinski definition) is 0. The Bertz CT molecular complexity index is 650. The molecule has 2 heterocycles. The van der Waals surface area contributed by atoms with Crippen molar-refractivity contribution in [3.8, 4) is 11.5 Å². The summed E-state index contributed by atoms with van der Waals surface area (Å²) in [5, 5.41) is 0. The van der Waals surface area contributed by atoms with Gasteiger partial charge in [0.15, 0.2) is 11.5 Å². The number of hydrogen-bond acceptors (Lipinski definition) is 6. The van der Waals surface area contributed by atoms with E-state index in [1.165, 1.54) is 7.11 Å². The van der Waals surface area contributed by atoms with Crippen molar-refractivity contribution in [3.05, 3.63) is 21.7 Å². The van der Waals surface area contributed by atoms with Crippen LogP contribution in [0.1, 0.15) is 41.6 Å². The van der Waals surface area contributed by atoms with Gasteiger partial charge in [0.2, 0.25) is 0 Å². The van der Waals surface area contributed by atoms with Crippen LogP contribution in [0, 0.1) is 12.8 Å². The monoisotopic (exact) mass is 442 g/mol. The molecule has 1 aromatic rings. The van der Waals surface area contributed by atoms with Gasteiger partial charge in [-0.05, 0) is 54.6 Å². The van der Waals surface area contributed by atoms with Crippen molar-refractivity contribution in [2.45, 2.75) is 38.7 Å². The highest BCUT2D eigenvalue weighted by atomic mass is 79.9. The van der Waals surface area contributed by atoms with Crippen LogP contribution < -0.4 is 9.47 Å². The van der Waals surface area contributed by atoms with Gasteiger partial charge in [-0.15, -0.1) is 0 Å². The quantitative estimate of drug-likeness (QED) is 0.646. The van der Waals surface area contributed by atoms with Crippen molar-refractivity contribution in [2.75, 3.05) is 40.1 Å². The first-order valence-electron chi connectivity index (χ1n) is 9.48. The number of halogens is 1. The minimum absolute atomic E-state index is 0.107. The molecule has 0 saturated carbocycles. The minimum Gasteiger partial charge on any atom is -0.485 e. The van der Waals surface area contributed by atoms with E-state index in [-0.39, 0.29) is 12.0 Å². The first-order chi connectivity index (χ1) is 13.1. The smallest absolute Gasteiger partial charge is 0.338 e. The van der Waals surface area contributed by atoms with Gasteiger partial charge >= 0.3 is 5.97 Å². The van der Waals surface area contributed by atoms with E-state index in [1.807, 2.05) is 6.92 Å². The molecule has 1 saturated heterocycles. The molecule has 27 heavy (non-hydrogen) atoms. The molecule has 150 valence electrons. The Hall–Kier alpha value is -1.31. The normalized spacial score (nSPS) is 22.0. The molecule has 2 aliphatic heterocycles. The van der Waals surface area contributed by atoms with Gasteiger partial charge in [0.05, 0.1) is 17.1 Å². The maximum atomic E-state index is 12.1. The third kappa shape index (κ3) is 4.95. The molecule has 0 N–H and O–H groups in total. The van der Waals surface area contributed by atoms with Crippen molar-refractivity contribution >= 4 is 21.9 Å². The Morgan fingerprint density at radius 1 is 1.11 bits per heavy atom. The molecule has 1 aromatic carbocycles. The number of ether oxygens (including phenoxy) is 5. The molecular weight excluding hydrogens is 416 g/mol. The highest BCUT2D eigenvalue weighted by Gasteiger charge is 2.32. The predicted molar refractivity (Wildman–Crippen MR) is 104 cm³/mol. The lowest BCUT2D eigenvalue weighted by molar-refractivity contribution is 0.0163. The largest absolute Gasteiger partial charge is 0.485 e. The van der Waals surface area contributed by atoms with Gasteiger partial charge in [-0.3, -0.25) is 0 Å². The van der Waals surface area contributed by atoms with Crippen LogP contribution in [0.4, 0.5) is 0 Å². The second-order valence-electron chi connectivity index (χ2n) is 6.92. The van der Waals surface area contributed by atoms with Crippen LogP contribution in [0.3, 0.4) is 0 Å². The number of fused-ring (bicyclic) bond motifs is 1. The molecule has 1 fully saturated rings. The third-order valence-corrected chi connectivity index (χ3v) is 5.71. The average Bonchev–Trinajstić information content (AvgIpc) is 2.75. The molecule has 0 aliphatic carbocycles. The van der Waals surface area contributed by atoms with Crippen molar-refractivity contribution < 1.29 is 28.5 Å². The molecule has 3 rings (SSSR count). The number of benzene rings is 1. The topological polar surface area (TPSA) is 63.2 Å². The van der Waals surface area contributed by atoms with E-state index in [2.05, 4.69) is 15.9 Å². The summed E-state index contributed by atoms with van der Waals surface area (Å²) in [4.78, 5) is 12.1. The standard InChI is InChI=1S/C20H27BrO6/c1-13-15(20(22)23-2)11-16(21)19-18(13)27-17(12-26-19)14-5-9-24-7-3-4-8-25-10-6-14/h11,14,17H,3-10,12H2,1-2H3/t17-/m0/s1. The zero-order valence-electron chi connectivity index (χ0n) is 15.9. The number of methoxy groups -OCH3 is 1. The Morgan fingerprint density at radius 3 is 2.41 bits per heavy atom. The zero-order valence-corrected chi connectivity index (χ0v) is 17.5. The van der Waals surface area contributed by atoms with Crippen LogP contribution in [0.2, 0.25) is 0 Å². The number of carbonyl (C=O) groups is 1. The summed E-state index contributed by atoms with van der Waals surface area (Å²) in [5.41, 5.74) is 1.20. The van der Waals surface area contributed by atoms with Crippen molar-refractivity contribution in [1.82, 2.24) is 0 Å². The maximum Gasteiger partial charge on any atom is 0.338 e. The van der Waals surface area contributed by atoms with E-state index >= 15 is 0 Å². The first kappa shape index (κ1) is 20.4. The summed E-state index contributed by atoms with van der Waals surface area (Å²) < 4.78 is 29.4. The molecule has 7 heteroatoms. The third-order valence-electron chi connectivity index (χ3n) is 5.12. The fraction of sp³-hybridized carbons (Fsp3) is 0.650. The van der Waals surface area contributed by atoms with E-state index in [1.54, 1.807) is 6.07 Å². The van der Waals surface area contributed by atoms with Gasteiger partial charge in [0.25, 0.3) is 0 Å². The average molecular weight is 443 g/mol. The second-order valence-corrected chi connectivity index (χ2v) is 7.77. The molecule has 0 spiro atoms. The van der Waals surface area contributed by atoms with Gasteiger partial charge in [-0.25, -0.2) is 4.79 Å². The second kappa shape index (κ2) is 9.75. The van der Waals surface area contributed by atoms with Crippen LogP contribution in [-0.2, 0) is 14.2 Å². The van der Waals surface area contributed by atoms with E-state index in [0.717, 1.165) is 44.5 Å². The van der Waals surface area contributed by atoms with Crippen molar-refractivity contribution in [3.63, 3.8) is 0 Å². The van der Waals surface area contributed by atoms with Crippen molar-refractivity contribution in [1.29, 1.82) is 0 Å². The lowest BCUT2D eigenvalue weighted by Gasteiger charge is -2.34. The lowest BCUT2D eigenvalue weighted by atomic mass is 9.94. The van der Waals surface area contributed by atoms with Crippen LogP contribution in [0.25, 0.3) is 0 Å². The summed E-state index contributed by atoms with van der Waals surface area (Å²) in [7, 11) is 1.37. The Kier molecular flexibility index (Phi) is 7.38. The molecule has 2 aliphatic rings. The maximum absolute atomic E-state index is 12.1. The summed E-state index contributed by atoms with van der Waals surface area (Å²) in [5.74, 6) is 1.12. The number of esters is 1. The molecule has 0 radical (unpaired) electrons. The van der Waals surface area contributed by atoms with Crippen LogP contribution in [0.15, 0.2) is 10.5 Å². The zero-order chi connectivity index (χ0) is 19.2. The Balaban J connectivity index is 1.78. The van der Waals surface area contributed by atoms with E-state index < -0.39 is 5.97 Å². The van der Waals surface area contributed by atoms with Gasteiger partial charge in [-0.2, -0.15) is 0 Å². The number of carbonyl (C=O) groups excluding carboxylic acids is 1. The van der Waals surface area contributed by atoms with Gasteiger partial charge in [0.1, 0.15) is 12.7 Å². The van der Waals surface area contributed by atoms with E-state index in [0.29, 0.717) is 41.4 Å². The molecule has 1 atom stereocenters. The molecule has 0 amide bonds. The summed E-state index contributed by atoms with van der Waals surface area (Å²) >= 11 is 3.48. The Morgan fingerprint density at radius 2 is 1.78 bits per heavy atom. The Labute approximate surface area is 168 Å². The molecular formula is C20H27BrO6. The van der Waals surface area contributed by atoms with Crippen LogP contribution >= 0.6 is 15.9 Å². The lowest BCUT2D eigenvalue weighted by Crippen LogP contribution is -2.38. The van der Waals surface area contributed by atoms with Gasteiger partial charge in [-0.1, -0.05) is 0 Å². The minimum atomic E-state index is -0.390. The highest BCUT2D eigenvalue weighted by molar-refractivity contribution is 9.10. The summed E-state index contributed by atoms with van der Waals surface area (Å²) in [6.45, 7) is 5.29. The molecule has 6 nitrogen and oxygen atoms in total. The summed E-state index contributed by atoms with van der Waals surface area (Å²) in [6, 6.07) is 1.72.